The van der Waals surface area contributed by atoms with Crippen molar-refractivity contribution in [2.75, 3.05) is 7.11 Å². The molecule has 2 aromatic carbocycles. The van der Waals surface area contributed by atoms with Crippen molar-refractivity contribution in [1.82, 2.24) is 0 Å². The van der Waals surface area contributed by atoms with Crippen molar-refractivity contribution in [3.05, 3.63) is 58.6 Å². The number of hydrogen-bond acceptors (Lipinski definition) is 5. The molecule has 0 aliphatic heterocycles. The molecule has 0 saturated carbocycles. The van der Waals surface area contributed by atoms with Crippen LogP contribution in [0.3, 0.4) is 0 Å². The van der Waals surface area contributed by atoms with Crippen molar-refractivity contribution in [1.29, 1.82) is 0 Å². The highest BCUT2D eigenvalue weighted by atomic mass is 16.6. The van der Waals surface area contributed by atoms with E-state index >= 15 is 0 Å². The highest BCUT2D eigenvalue weighted by Gasteiger charge is 2.11. The van der Waals surface area contributed by atoms with E-state index < -0.39 is 4.92 Å². The zero-order valence-corrected chi connectivity index (χ0v) is 10.2. The largest absolute Gasteiger partial charge is 0.494 e. The fourth-order valence-corrected chi connectivity index (χ4v) is 1.52. The fourth-order valence-electron chi connectivity index (χ4n) is 1.52. The minimum atomic E-state index is -0.490. The number of nitro groups is 1. The van der Waals surface area contributed by atoms with Gasteiger partial charge in [-0.2, -0.15) is 0 Å². The lowest BCUT2D eigenvalue weighted by Gasteiger charge is -2.01. The molecule has 0 N–H and O–H groups in total. The van der Waals surface area contributed by atoms with Crippen molar-refractivity contribution in [2.45, 2.75) is 0 Å². The van der Waals surface area contributed by atoms with Gasteiger partial charge < -0.3 is 4.74 Å². The first-order valence-electron chi connectivity index (χ1n) is 5.50. The summed E-state index contributed by atoms with van der Waals surface area (Å²) >= 11 is 0. The van der Waals surface area contributed by atoms with Crippen molar-refractivity contribution >= 4 is 17.1 Å². The van der Waals surface area contributed by atoms with E-state index in [-0.39, 0.29) is 11.4 Å². The average molecular weight is 257 g/mol. The van der Waals surface area contributed by atoms with Crippen LogP contribution in [-0.2, 0) is 0 Å². The normalized spacial score (nSPS) is 10.6. The Bertz CT molecular complexity index is 626. The van der Waals surface area contributed by atoms with Crippen LogP contribution in [0, 0.1) is 10.1 Å². The Morgan fingerprint density at radius 2 is 1.58 bits per heavy atom. The number of hydrogen-bond donors (Lipinski definition) is 0. The molecule has 0 amide bonds. The van der Waals surface area contributed by atoms with E-state index in [0.29, 0.717) is 11.4 Å². The summed E-state index contributed by atoms with van der Waals surface area (Å²) in [6.45, 7) is 0. The van der Waals surface area contributed by atoms with Crippen LogP contribution in [0.25, 0.3) is 0 Å². The summed E-state index contributed by atoms with van der Waals surface area (Å²) in [4.78, 5) is 10.3. The number of ether oxygens (including phenoxy) is 1. The lowest BCUT2D eigenvalue weighted by Crippen LogP contribution is -1.87. The molecular weight excluding hydrogens is 246 g/mol. The number of nitro benzene ring substituents is 1. The van der Waals surface area contributed by atoms with Crippen LogP contribution in [0.2, 0.25) is 0 Å². The quantitative estimate of drug-likeness (QED) is 0.471. The number of methoxy groups -OCH3 is 1. The lowest BCUT2D eigenvalue weighted by molar-refractivity contribution is -0.384. The Labute approximate surface area is 109 Å². The predicted molar refractivity (Wildman–Crippen MR) is 70.3 cm³/mol. The van der Waals surface area contributed by atoms with Gasteiger partial charge in [0.1, 0.15) is 11.4 Å². The molecule has 0 fully saturated rings. The summed E-state index contributed by atoms with van der Waals surface area (Å²) in [7, 11) is 1.53. The van der Waals surface area contributed by atoms with Gasteiger partial charge in [0.2, 0.25) is 0 Å². The molecule has 0 unspecified atom stereocenters. The van der Waals surface area contributed by atoms with Crippen molar-refractivity contribution in [3.8, 4) is 5.75 Å². The zero-order chi connectivity index (χ0) is 13.7. The van der Waals surface area contributed by atoms with E-state index in [1.54, 1.807) is 30.3 Å². The molecule has 0 atom stereocenters. The van der Waals surface area contributed by atoms with Gasteiger partial charge in [-0.3, -0.25) is 10.1 Å². The highest BCUT2D eigenvalue weighted by Crippen LogP contribution is 2.31. The third-order valence-electron chi connectivity index (χ3n) is 2.43. The molecule has 0 aromatic heterocycles. The molecule has 0 aliphatic rings. The maximum absolute atomic E-state index is 10.8. The van der Waals surface area contributed by atoms with E-state index in [9.17, 15) is 10.1 Å². The zero-order valence-electron chi connectivity index (χ0n) is 10.2. The molecule has 19 heavy (non-hydrogen) atoms. The first-order valence-corrected chi connectivity index (χ1v) is 5.50. The summed E-state index contributed by atoms with van der Waals surface area (Å²) in [5, 5.41) is 18.7. The van der Waals surface area contributed by atoms with Gasteiger partial charge in [-0.05, 0) is 18.2 Å². The number of azo groups is 1. The van der Waals surface area contributed by atoms with E-state index in [0.717, 1.165) is 0 Å². The first kappa shape index (κ1) is 12.7. The van der Waals surface area contributed by atoms with Crippen LogP contribution in [0.5, 0.6) is 5.75 Å². The third-order valence-corrected chi connectivity index (χ3v) is 2.43. The average Bonchev–Trinajstić information content (AvgIpc) is 2.45. The van der Waals surface area contributed by atoms with Crippen LogP contribution in [-0.4, -0.2) is 12.0 Å². The molecule has 0 aliphatic carbocycles. The highest BCUT2D eigenvalue weighted by molar-refractivity contribution is 5.57. The summed E-state index contributed by atoms with van der Waals surface area (Å²) in [6.07, 6.45) is 0. The Morgan fingerprint density at radius 1 is 1.00 bits per heavy atom. The van der Waals surface area contributed by atoms with Crippen LogP contribution in [0.1, 0.15) is 0 Å². The molecule has 0 saturated heterocycles. The second-order valence-electron chi connectivity index (χ2n) is 3.62. The SMILES string of the molecule is COc1ccccc1N=Nc1ccccc1[N+](=O)[O-]. The van der Waals surface area contributed by atoms with Crippen molar-refractivity contribution < 1.29 is 9.66 Å². The molecule has 2 rings (SSSR count). The van der Waals surface area contributed by atoms with Gasteiger partial charge in [-0.15, -0.1) is 10.2 Å². The minimum absolute atomic E-state index is 0.0823. The van der Waals surface area contributed by atoms with Gasteiger partial charge in [0.05, 0.1) is 12.0 Å². The first-order chi connectivity index (χ1) is 9.22. The lowest BCUT2D eigenvalue weighted by atomic mass is 10.3. The van der Waals surface area contributed by atoms with Crippen LogP contribution < -0.4 is 4.74 Å². The number of rotatable bonds is 4. The third kappa shape index (κ3) is 2.92. The van der Waals surface area contributed by atoms with E-state index in [2.05, 4.69) is 10.2 Å². The molecule has 6 heteroatoms. The van der Waals surface area contributed by atoms with Crippen molar-refractivity contribution in [3.63, 3.8) is 0 Å². The smallest absolute Gasteiger partial charge is 0.296 e. The second-order valence-corrected chi connectivity index (χ2v) is 3.62. The van der Waals surface area contributed by atoms with Gasteiger partial charge >= 0.3 is 0 Å². The number of benzene rings is 2. The fraction of sp³-hybridized carbons (Fsp3) is 0.0769. The van der Waals surface area contributed by atoms with Gasteiger partial charge in [0, 0.05) is 6.07 Å². The Hall–Kier alpha value is -2.76. The van der Waals surface area contributed by atoms with Gasteiger partial charge in [-0.1, -0.05) is 24.3 Å². The van der Waals surface area contributed by atoms with Gasteiger partial charge in [0.15, 0.2) is 5.69 Å². The Kier molecular flexibility index (Phi) is 3.82. The molecular formula is C13H11N3O3. The van der Waals surface area contributed by atoms with Crippen molar-refractivity contribution in [2.24, 2.45) is 10.2 Å². The van der Waals surface area contributed by atoms with Crippen LogP contribution in [0.4, 0.5) is 17.1 Å². The monoisotopic (exact) mass is 257 g/mol. The minimum Gasteiger partial charge on any atom is -0.494 e. The number of para-hydroxylation sites is 2. The molecule has 0 bridgehead atoms. The Balaban J connectivity index is 2.35. The molecule has 0 radical (unpaired) electrons. The van der Waals surface area contributed by atoms with Crippen LogP contribution in [0.15, 0.2) is 58.8 Å². The summed E-state index contributed by atoms with van der Waals surface area (Å²) in [5.74, 6) is 0.560. The molecule has 0 spiro atoms. The topological polar surface area (TPSA) is 77.1 Å². The maximum Gasteiger partial charge on any atom is 0.296 e. The second kappa shape index (κ2) is 5.72. The molecule has 2 aromatic rings. The van der Waals surface area contributed by atoms with E-state index in [1.807, 2.05) is 6.07 Å². The summed E-state index contributed by atoms with van der Waals surface area (Å²) < 4.78 is 5.12. The van der Waals surface area contributed by atoms with Gasteiger partial charge in [-0.25, -0.2) is 0 Å². The Morgan fingerprint density at radius 3 is 2.26 bits per heavy atom. The molecule has 0 heterocycles. The summed E-state index contributed by atoms with van der Waals surface area (Å²) in [6, 6.07) is 13.2. The molecule has 96 valence electrons. The number of nitrogens with zero attached hydrogens (tertiary/aromatic N) is 3. The van der Waals surface area contributed by atoms with E-state index in [4.69, 9.17) is 4.74 Å². The summed E-state index contributed by atoms with van der Waals surface area (Å²) in [5.41, 5.74) is 0.641. The molecule has 6 nitrogen and oxygen atoms in total. The standard InChI is InChI=1S/C13H11N3O3/c1-19-13-9-5-3-7-11(13)15-14-10-6-2-4-8-12(10)16(17)18/h2-9H,1H3. The van der Waals surface area contributed by atoms with E-state index in [1.165, 1.54) is 19.2 Å². The van der Waals surface area contributed by atoms with Crippen LogP contribution >= 0.6 is 0 Å². The predicted octanol–water partition coefficient (Wildman–Crippen LogP) is 4.02. The maximum atomic E-state index is 10.8. The van der Waals surface area contributed by atoms with Gasteiger partial charge in [0.25, 0.3) is 5.69 Å².